The molecule has 22 heavy (non-hydrogen) atoms. The van der Waals surface area contributed by atoms with Crippen molar-refractivity contribution < 1.29 is 9.84 Å². The van der Waals surface area contributed by atoms with Crippen molar-refractivity contribution in [1.29, 1.82) is 0 Å². The van der Waals surface area contributed by atoms with Crippen LogP contribution in [-0.2, 0) is 11.2 Å². The summed E-state index contributed by atoms with van der Waals surface area (Å²) in [5, 5.41) is 14.2. The number of ether oxygens (including phenoxy) is 1. The molecule has 3 aliphatic rings. The molecule has 3 heteroatoms. The van der Waals surface area contributed by atoms with Crippen molar-refractivity contribution in [2.45, 2.75) is 75.2 Å². The minimum absolute atomic E-state index is 0.0972. The molecule has 1 saturated heterocycles. The largest absolute Gasteiger partial charge is 0.391 e. The highest BCUT2D eigenvalue weighted by Crippen LogP contribution is 2.40. The summed E-state index contributed by atoms with van der Waals surface area (Å²) in [4.78, 5) is 0. The molecule has 1 spiro atoms. The third-order valence-electron chi connectivity index (χ3n) is 5.88. The topological polar surface area (TPSA) is 41.5 Å². The number of aliphatic hydroxyl groups is 1. The molecule has 2 aliphatic carbocycles. The van der Waals surface area contributed by atoms with Crippen LogP contribution in [-0.4, -0.2) is 29.5 Å². The predicted molar refractivity (Wildman–Crippen MR) is 86.8 cm³/mol. The van der Waals surface area contributed by atoms with Crippen molar-refractivity contribution in [1.82, 2.24) is 5.32 Å². The van der Waals surface area contributed by atoms with E-state index < -0.39 is 0 Å². The molecule has 1 aromatic carbocycles. The molecule has 1 saturated carbocycles. The van der Waals surface area contributed by atoms with Gasteiger partial charge < -0.3 is 15.2 Å². The number of rotatable bonds is 2. The van der Waals surface area contributed by atoms with E-state index in [0.29, 0.717) is 6.04 Å². The van der Waals surface area contributed by atoms with Crippen LogP contribution in [0.4, 0.5) is 0 Å². The summed E-state index contributed by atoms with van der Waals surface area (Å²) in [5.41, 5.74) is 2.71. The lowest BCUT2D eigenvalue weighted by Crippen LogP contribution is -2.49. The van der Waals surface area contributed by atoms with Crippen LogP contribution >= 0.6 is 0 Å². The number of nitrogens with one attached hydrogen (secondary N) is 1. The van der Waals surface area contributed by atoms with Gasteiger partial charge in [-0.05, 0) is 36.8 Å². The van der Waals surface area contributed by atoms with Gasteiger partial charge in [0.15, 0.2) is 0 Å². The van der Waals surface area contributed by atoms with Gasteiger partial charge in [0.25, 0.3) is 0 Å². The quantitative estimate of drug-likeness (QED) is 0.882. The smallest absolute Gasteiger partial charge is 0.0775 e. The highest BCUT2D eigenvalue weighted by molar-refractivity contribution is 5.36. The molecule has 2 N–H and O–H groups in total. The van der Waals surface area contributed by atoms with Crippen LogP contribution in [0.15, 0.2) is 24.3 Å². The Bertz CT molecular complexity index is 518. The van der Waals surface area contributed by atoms with Gasteiger partial charge >= 0.3 is 0 Å². The first kappa shape index (κ1) is 14.7. The Labute approximate surface area is 133 Å². The Hall–Kier alpha value is -0.900. The van der Waals surface area contributed by atoms with Crippen LogP contribution in [0.1, 0.15) is 62.1 Å². The molecule has 1 heterocycles. The van der Waals surface area contributed by atoms with E-state index in [-0.39, 0.29) is 17.7 Å². The van der Waals surface area contributed by atoms with Crippen LogP contribution in [0.5, 0.6) is 0 Å². The normalized spacial score (nSPS) is 33.8. The van der Waals surface area contributed by atoms with Crippen LogP contribution in [0.25, 0.3) is 0 Å². The van der Waals surface area contributed by atoms with Crippen LogP contribution in [0, 0.1) is 0 Å². The lowest BCUT2D eigenvalue weighted by molar-refractivity contribution is -0.111. The maximum Gasteiger partial charge on any atom is 0.0775 e. The number of aliphatic hydroxyl groups excluding tert-OH is 1. The molecule has 2 fully saturated rings. The summed E-state index contributed by atoms with van der Waals surface area (Å²) in [6, 6.07) is 9.03. The standard InChI is InChI=1S/C19H27NO2/c21-17-12-14-6-2-3-7-16(14)18(17)20-15-8-11-22-19(13-15)9-4-1-5-10-19/h2-3,6-7,15,17-18,20-21H,1,4-5,8-13H2. The molecule has 0 amide bonds. The molecule has 0 bridgehead atoms. The van der Waals surface area contributed by atoms with Crippen molar-refractivity contribution in [3.8, 4) is 0 Å². The van der Waals surface area contributed by atoms with E-state index >= 15 is 0 Å². The number of benzene rings is 1. The third-order valence-corrected chi connectivity index (χ3v) is 5.88. The van der Waals surface area contributed by atoms with Gasteiger partial charge in [-0.1, -0.05) is 43.5 Å². The maximum absolute atomic E-state index is 10.4. The fraction of sp³-hybridized carbons (Fsp3) is 0.684. The van der Waals surface area contributed by atoms with Gasteiger partial charge in [-0.25, -0.2) is 0 Å². The summed E-state index contributed by atoms with van der Waals surface area (Å²) >= 11 is 0. The van der Waals surface area contributed by atoms with Gasteiger partial charge in [-0.3, -0.25) is 0 Å². The van der Waals surface area contributed by atoms with Gasteiger partial charge in [0.1, 0.15) is 0 Å². The average Bonchev–Trinajstić information content (AvgIpc) is 2.84. The van der Waals surface area contributed by atoms with Crippen molar-refractivity contribution in [3.05, 3.63) is 35.4 Å². The minimum Gasteiger partial charge on any atom is -0.391 e. The fourth-order valence-electron chi connectivity index (χ4n) is 4.74. The van der Waals surface area contributed by atoms with E-state index in [2.05, 4.69) is 29.6 Å². The number of hydrogen-bond donors (Lipinski definition) is 2. The molecule has 120 valence electrons. The molecule has 0 radical (unpaired) electrons. The third kappa shape index (κ3) is 2.70. The molecular weight excluding hydrogens is 274 g/mol. The van der Waals surface area contributed by atoms with E-state index in [1.807, 2.05) is 0 Å². The summed E-state index contributed by atoms with van der Waals surface area (Å²) < 4.78 is 6.19. The van der Waals surface area contributed by atoms with Gasteiger partial charge in [0, 0.05) is 19.1 Å². The second-order valence-corrected chi connectivity index (χ2v) is 7.40. The Morgan fingerprint density at radius 2 is 1.95 bits per heavy atom. The van der Waals surface area contributed by atoms with E-state index in [1.54, 1.807) is 0 Å². The molecular formula is C19H27NO2. The zero-order valence-electron chi connectivity index (χ0n) is 13.3. The SMILES string of the molecule is OC1Cc2ccccc2C1NC1CCOC2(CCCCC2)C1. The second kappa shape index (κ2) is 5.95. The Morgan fingerprint density at radius 3 is 2.82 bits per heavy atom. The zero-order chi connectivity index (χ0) is 15.0. The molecule has 1 aromatic rings. The summed E-state index contributed by atoms with van der Waals surface area (Å²) in [6.45, 7) is 0.863. The predicted octanol–water partition coefficient (Wildman–Crippen LogP) is 3.12. The van der Waals surface area contributed by atoms with E-state index in [0.717, 1.165) is 25.9 Å². The van der Waals surface area contributed by atoms with Gasteiger partial charge in [-0.2, -0.15) is 0 Å². The molecule has 3 atom stereocenters. The summed E-state index contributed by atoms with van der Waals surface area (Å²) in [5.74, 6) is 0. The zero-order valence-corrected chi connectivity index (χ0v) is 13.3. The summed E-state index contributed by atoms with van der Waals surface area (Å²) in [7, 11) is 0. The van der Waals surface area contributed by atoms with Crippen LogP contribution in [0.2, 0.25) is 0 Å². The lowest BCUT2D eigenvalue weighted by atomic mass is 9.78. The van der Waals surface area contributed by atoms with Gasteiger partial charge in [0.05, 0.1) is 17.7 Å². The summed E-state index contributed by atoms with van der Waals surface area (Å²) in [6.07, 6.45) is 9.07. The molecule has 1 aliphatic heterocycles. The van der Waals surface area contributed by atoms with Crippen molar-refractivity contribution in [2.75, 3.05) is 6.61 Å². The number of fused-ring (bicyclic) bond motifs is 1. The van der Waals surface area contributed by atoms with Gasteiger partial charge in [-0.15, -0.1) is 0 Å². The maximum atomic E-state index is 10.4. The molecule has 3 unspecified atom stereocenters. The lowest BCUT2D eigenvalue weighted by Gasteiger charge is -2.44. The Kier molecular flexibility index (Phi) is 3.97. The average molecular weight is 301 g/mol. The first-order chi connectivity index (χ1) is 10.8. The molecule has 4 rings (SSSR count). The van der Waals surface area contributed by atoms with Crippen molar-refractivity contribution >= 4 is 0 Å². The van der Waals surface area contributed by atoms with E-state index in [9.17, 15) is 5.11 Å². The van der Waals surface area contributed by atoms with Crippen molar-refractivity contribution in [2.24, 2.45) is 0 Å². The van der Waals surface area contributed by atoms with Crippen molar-refractivity contribution in [3.63, 3.8) is 0 Å². The fourth-order valence-corrected chi connectivity index (χ4v) is 4.74. The molecule has 3 nitrogen and oxygen atoms in total. The van der Waals surface area contributed by atoms with E-state index in [4.69, 9.17) is 4.74 Å². The van der Waals surface area contributed by atoms with Crippen LogP contribution < -0.4 is 5.32 Å². The van der Waals surface area contributed by atoms with Gasteiger partial charge in [0.2, 0.25) is 0 Å². The van der Waals surface area contributed by atoms with Crippen LogP contribution in [0.3, 0.4) is 0 Å². The second-order valence-electron chi connectivity index (χ2n) is 7.40. The first-order valence-electron chi connectivity index (χ1n) is 8.92. The Morgan fingerprint density at radius 1 is 1.14 bits per heavy atom. The highest BCUT2D eigenvalue weighted by atomic mass is 16.5. The Balaban J connectivity index is 1.47. The first-order valence-corrected chi connectivity index (χ1v) is 8.92. The number of hydrogen-bond acceptors (Lipinski definition) is 3. The highest BCUT2D eigenvalue weighted by Gasteiger charge is 2.40. The monoisotopic (exact) mass is 301 g/mol. The molecule has 0 aromatic heterocycles. The van der Waals surface area contributed by atoms with E-state index in [1.165, 1.54) is 43.2 Å². The minimum atomic E-state index is -0.289.